The number of nitrogens with zero attached hydrogens (tertiary/aromatic N) is 1. The highest BCUT2D eigenvalue weighted by atomic mass is 32.2. The fraction of sp³-hybridized carbons (Fsp3) is 0.429. The van der Waals surface area contributed by atoms with Crippen molar-refractivity contribution in [2.45, 2.75) is 36.2 Å². The quantitative estimate of drug-likeness (QED) is 0.797. The minimum atomic E-state index is -3.43. The minimum absolute atomic E-state index is 0.0231. The molecule has 0 spiro atoms. The summed E-state index contributed by atoms with van der Waals surface area (Å²) in [5.41, 5.74) is 0. The Morgan fingerprint density at radius 2 is 2.16 bits per heavy atom. The maximum absolute atomic E-state index is 12.8. The molecule has 0 aliphatic carbocycles. The fourth-order valence-corrected chi connectivity index (χ4v) is 4.82. The van der Waals surface area contributed by atoms with Crippen LogP contribution < -0.4 is 4.74 Å². The van der Waals surface area contributed by atoms with Crippen molar-refractivity contribution >= 4 is 10.0 Å². The number of rotatable bonds is 3. The van der Waals surface area contributed by atoms with Crippen molar-refractivity contribution < 1.29 is 13.2 Å². The molecule has 0 aromatic heterocycles. The van der Waals surface area contributed by atoms with Crippen molar-refractivity contribution in [3.8, 4) is 5.75 Å². The van der Waals surface area contributed by atoms with Crippen LogP contribution in [0.5, 0.6) is 5.75 Å². The molecule has 5 heteroatoms. The Bertz CT molecular complexity index is 609. The lowest BCUT2D eigenvalue weighted by Gasteiger charge is -2.30. The number of hydrogen-bond donors (Lipinski definition) is 0. The van der Waals surface area contributed by atoms with Crippen molar-refractivity contribution in [1.82, 2.24) is 4.31 Å². The second-order valence-corrected chi connectivity index (χ2v) is 6.82. The van der Waals surface area contributed by atoms with E-state index in [-0.39, 0.29) is 12.1 Å². The predicted octanol–water partition coefficient (Wildman–Crippen LogP) is 2.18. The molecule has 1 saturated heterocycles. The molecule has 2 heterocycles. The Labute approximate surface area is 113 Å². The number of methoxy groups -OCH3 is 1. The fourth-order valence-electron chi connectivity index (χ4n) is 2.94. The van der Waals surface area contributed by atoms with Gasteiger partial charge in [-0.3, -0.25) is 0 Å². The molecule has 1 aromatic rings. The Balaban J connectivity index is 2.01. The van der Waals surface area contributed by atoms with Gasteiger partial charge in [-0.2, -0.15) is 4.31 Å². The van der Waals surface area contributed by atoms with Gasteiger partial charge in [0.15, 0.2) is 0 Å². The summed E-state index contributed by atoms with van der Waals surface area (Å²) in [4.78, 5) is 0.319. The molecule has 0 amide bonds. The van der Waals surface area contributed by atoms with Gasteiger partial charge in [0.2, 0.25) is 10.0 Å². The summed E-state index contributed by atoms with van der Waals surface area (Å²) >= 11 is 0. The van der Waals surface area contributed by atoms with Crippen LogP contribution in [0.15, 0.2) is 41.3 Å². The molecular formula is C14H17NO3S. The van der Waals surface area contributed by atoms with Crippen molar-refractivity contribution in [3.05, 3.63) is 36.4 Å². The van der Waals surface area contributed by atoms with Crippen LogP contribution in [0.1, 0.15) is 19.3 Å². The Morgan fingerprint density at radius 1 is 1.32 bits per heavy atom. The molecule has 102 valence electrons. The first-order valence-corrected chi connectivity index (χ1v) is 7.91. The van der Waals surface area contributed by atoms with E-state index in [1.54, 1.807) is 35.7 Å². The summed E-state index contributed by atoms with van der Waals surface area (Å²) in [6.07, 6.45) is 6.80. The van der Waals surface area contributed by atoms with E-state index in [1.807, 2.05) is 6.08 Å². The van der Waals surface area contributed by atoms with E-state index in [9.17, 15) is 8.42 Å². The highest BCUT2D eigenvalue weighted by Crippen LogP contribution is 2.36. The number of hydrogen-bond acceptors (Lipinski definition) is 3. The monoisotopic (exact) mass is 279 g/mol. The second-order valence-electron chi connectivity index (χ2n) is 4.98. The van der Waals surface area contributed by atoms with E-state index in [1.165, 1.54) is 0 Å². The van der Waals surface area contributed by atoms with Crippen LogP contribution in [0, 0.1) is 0 Å². The van der Waals surface area contributed by atoms with Gasteiger partial charge in [0.25, 0.3) is 0 Å². The molecule has 1 fully saturated rings. The number of sulfonamides is 1. The smallest absolute Gasteiger partial charge is 0.244 e. The van der Waals surface area contributed by atoms with Gasteiger partial charge in [0.1, 0.15) is 5.75 Å². The number of fused-ring (bicyclic) bond motifs is 2. The average Bonchev–Trinajstić information content (AvgIpc) is 2.70. The van der Waals surface area contributed by atoms with E-state index >= 15 is 0 Å². The summed E-state index contributed by atoms with van der Waals surface area (Å²) in [5, 5.41) is 0. The van der Waals surface area contributed by atoms with Crippen molar-refractivity contribution in [2.75, 3.05) is 7.11 Å². The molecule has 4 nitrogen and oxygen atoms in total. The van der Waals surface area contributed by atoms with Gasteiger partial charge in [-0.05, 0) is 31.4 Å². The van der Waals surface area contributed by atoms with Crippen LogP contribution in [0.25, 0.3) is 0 Å². The van der Waals surface area contributed by atoms with Gasteiger partial charge >= 0.3 is 0 Å². The molecule has 2 unspecified atom stereocenters. The van der Waals surface area contributed by atoms with Crippen molar-refractivity contribution in [2.24, 2.45) is 0 Å². The van der Waals surface area contributed by atoms with E-state index in [4.69, 9.17) is 4.74 Å². The first-order valence-electron chi connectivity index (χ1n) is 6.47. The normalized spacial score (nSPS) is 26.6. The predicted molar refractivity (Wildman–Crippen MR) is 72.6 cm³/mol. The molecule has 2 aliphatic heterocycles. The van der Waals surface area contributed by atoms with Crippen LogP contribution >= 0.6 is 0 Å². The molecule has 1 aromatic carbocycles. The third-order valence-corrected chi connectivity index (χ3v) is 5.84. The van der Waals surface area contributed by atoms with Crippen molar-refractivity contribution in [1.29, 1.82) is 0 Å². The second kappa shape index (κ2) is 4.65. The Hall–Kier alpha value is -1.33. The SMILES string of the molecule is COc1cccc(S(=O)(=O)N2C3C=CCC2CC3)c1. The topological polar surface area (TPSA) is 46.6 Å². The van der Waals surface area contributed by atoms with Crippen LogP contribution in [0.4, 0.5) is 0 Å². The summed E-state index contributed by atoms with van der Waals surface area (Å²) in [6.45, 7) is 0. The van der Waals surface area contributed by atoms with E-state index < -0.39 is 10.0 Å². The van der Waals surface area contributed by atoms with Crippen LogP contribution in [0.3, 0.4) is 0 Å². The molecule has 0 saturated carbocycles. The first kappa shape index (κ1) is 12.7. The zero-order valence-electron chi connectivity index (χ0n) is 10.8. The zero-order valence-corrected chi connectivity index (χ0v) is 11.6. The van der Waals surface area contributed by atoms with Gasteiger partial charge < -0.3 is 4.74 Å². The molecule has 2 atom stereocenters. The summed E-state index contributed by atoms with van der Waals surface area (Å²) in [6, 6.07) is 6.83. The third-order valence-electron chi connectivity index (χ3n) is 3.87. The molecule has 2 bridgehead atoms. The van der Waals surface area contributed by atoms with E-state index in [0.717, 1.165) is 19.3 Å². The molecule has 2 aliphatic rings. The maximum Gasteiger partial charge on any atom is 0.244 e. The van der Waals surface area contributed by atoms with Crippen LogP contribution in [-0.2, 0) is 10.0 Å². The Kier molecular flexibility index (Phi) is 3.11. The molecule has 19 heavy (non-hydrogen) atoms. The van der Waals surface area contributed by atoms with E-state index in [2.05, 4.69) is 6.08 Å². The lowest BCUT2D eigenvalue weighted by Crippen LogP contribution is -2.41. The standard InChI is InChI=1S/C14H17NO3S/c1-18-13-6-3-7-14(10-13)19(16,17)15-11-4-2-5-12(15)9-8-11/h2-4,6-7,10-12H,5,8-9H2,1H3. The third kappa shape index (κ3) is 2.07. The van der Waals surface area contributed by atoms with Gasteiger partial charge in [0.05, 0.1) is 12.0 Å². The molecule has 0 N–H and O–H groups in total. The van der Waals surface area contributed by atoms with Crippen LogP contribution in [0.2, 0.25) is 0 Å². The zero-order chi connectivity index (χ0) is 13.5. The molecule has 3 rings (SSSR count). The largest absolute Gasteiger partial charge is 0.497 e. The van der Waals surface area contributed by atoms with Gasteiger partial charge in [0, 0.05) is 18.2 Å². The summed E-state index contributed by atoms with van der Waals surface area (Å²) in [5.74, 6) is 0.570. The lowest BCUT2D eigenvalue weighted by molar-refractivity contribution is 0.340. The van der Waals surface area contributed by atoms with Gasteiger partial charge in [-0.1, -0.05) is 18.2 Å². The molecule has 0 radical (unpaired) electrons. The Morgan fingerprint density at radius 3 is 2.89 bits per heavy atom. The number of benzene rings is 1. The number of ether oxygens (including phenoxy) is 1. The summed E-state index contributed by atoms with van der Waals surface area (Å²) in [7, 11) is -1.89. The van der Waals surface area contributed by atoms with Gasteiger partial charge in [-0.15, -0.1) is 0 Å². The first-order chi connectivity index (χ1) is 9.13. The van der Waals surface area contributed by atoms with Crippen LogP contribution in [-0.4, -0.2) is 31.9 Å². The van der Waals surface area contributed by atoms with Crippen molar-refractivity contribution in [3.63, 3.8) is 0 Å². The average molecular weight is 279 g/mol. The van der Waals surface area contributed by atoms with Gasteiger partial charge in [-0.25, -0.2) is 8.42 Å². The molecular weight excluding hydrogens is 262 g/mol. The minimum Gasteiger partial charge on any atom is -0.497 e. The lowest BCUT2D eigenvalue weighted by atomic mass is 10.2. The van der Waals surface area contributed by atoms with E-state index in [0.29, 0.717) is 10.6 Å². The maximum atomic E-state index is 12.8. The highest BCUT2D eigenvalue weighted by Gasteiger charge is 2.42. The highest BCUT2D eigenvalue weighted by molar-refractivity contribution is 7.89. The summed E-state index contributed by atoms with van der Waals surface area (Å²) < 4.78 is 32.3.